The molecule has 14 heavy (non-hydrogen) atoms. The van der Waals surface area contributed by atoms with E-state index in [2.05, 4.69) is 42.3 Å². The molecule has 1 aromatic rings. The van der Waals surface area contributed by atoms with Crippen LogP contribution in [0, 0.1) is 5.92 Å². The molecule has 1 unspecified atom stereocenters. The van der Waals surface area contributed by atoms with E-state index in [4.69, 9.17) is 0 Å². The van der Waals surface area contributed by atoms with Gasteiger partial charge in [0.05, 0.1) is 0 Å². The molecule has 1 aromatic carbocycles. The average molecular weight is 185 g/mol. The molecule has 0 radical (unpaired) electrons. The minimum Gasteiger partial charge on any atom is -0.302 e. The number of likely N-dealkylation sites (N-methyl/N-ethyl adjacent to an activating group) is 1. The van der Waals surface area contributed by atoms with Crippen LogP contribution in [0.15, 0.2) is 29.8 Å². The molecule has 2 aliphatic rings. The van der Waals surface area contributed by atoms with E-state index in [1.807, 2.05) is 0 Å². The third-order valence-corrected chi connectivity index (χ3v) is 3.37. The highest BCUT2D eigenvalue weighted by Gasteiger charge is 2.28. The van der Waals surface area contributed by atoms with Gasteiger partial charge >= 0.3 is 0 Å². The fourth-order valence-corrected chi connectivity index (χ4v) is 2.68. The van der Waals surface area contributed by atoms with E-state index in [9.17, 15) is 0 Å². The standard InChI is InChI=1S/C13H15N/c1-14-8-12-6-10-4-2-3-5-11(10)7-13(12)9-14/h2-6,13H,7-9H2,1H3. The van der Waals surface area contributed by atoms with E-state index in [0.29, 0.717) is 0 Å². The van der Waals surface area contributed by atoms with Crippen LogP contribution in [0.3, 0.4) is 0 Å². The smallest absolute Gasteiger partial charge is 0.0196 e. The van der Waals surface area contributed by atoms with Crippen molar-refractivity contribution in [1.29, 1.82) is 0 Å². The Kier molecular flexibility index (Phi) is 1.74. The molecule has 3 rings (SSSR count). The van der Waals surface area contributed by atoms with Crippen molar-refractivity contribution in [3.05, 3.63) is 41.0 Å². The summed E-state index contributed by atoms with van der Waals surface area (Å²) in [5.41, 5.74) is 4.59. The van der Waals surface area contributed by atoms with Gasteiger partial charge in [0.2, 0.25) is 0 Å². The first kappa shape index (κ1) is 8.25. The topological polar surface area (TPSA) is 3.24 Å². The number of hydrogen-bond donors (Lipinski definition) is 0. The maximum Gasteiger partial charge on any atom is 0.0196 e. The Bertz CT molecular complexity index is 392. The van der Waals surface area contributed by atoms with Crippen molar-refractivity contribution in [3.63, 3.8) is 0 Å². The van der Waals surface area contributed by atoms with E-state index in [1.54, 1.807) is 5.57 Å². The van der Waals surface area contributed by atoms with Gasteiger partial charge in [-0.3, -0.25) is 0 Å². The van der Waals surface area contributed by atoms with Crippen LogP contribution in [0.25, 0.3) is 6.08 Å². The van der Waals surface area contributed by atoms with Gasteiger partial charge in [0.1, 0.15) is 0 Å². The monoisotopic (exact) mass is 185 g/mol. The van der Waals surface area contributed by atoms with Gasteiger partial charge in [-0.1, -0.05) is 35.9 Å². The molecule has 1 saturated heterocycles. The lowest BCUT2D eigenvalue weighted by Crippen LogP contribution is -2.15. The summed E-state index contributed by atoms with van der Waals surface area (Å²) < 4.78 is 0. The quantitative estimate of drug-likeness (QED) is 0.599. The highest BCUT2D eigenvalue weighted by molar-refractivity contribution is 5.61. The summed E-state index contributed by atoms with van der Waals surface area (Å²) in [5, 5.41) is 0. The van der Waals surface area contributed by atoms with Crippen molar-refractivity contribution in [1.82, 2.24) is 4.90 Å². The molecular formula is C13H15N. The Hall–Kier alpha value is -1.08. The predicted molar refractivity (Wildman–Crippen MR) is 59.1 cm³/mol. The molecule has 0 N–H and O–H groups in total. The number of likely N-dealkylation sites (tertiary alicyclic amines) is 1. The van der Waals surface area contributed by atoms with E-state index in [1.165, 1.54) is 30.6 Å². The Morgan fingerprint density at radius 1 is 1.29 bits per heavy atom. The zero-order valence-corrected chi connectivity index (χ0v) is 8.53. The predicted octanol–water partition coefficient (Wildman–Crippen LogP) is 2.19. The van der Waals surface area contributed by atoms with Crippen LogP contribution in [0.4, 0.5) is 0 Å². The molecule has 0 saturated carbocycles. The summed E-state index contributed by atoms with van der Waals surface area (Å²) in [6.45, 7) is 2.40. The van der Waals surface area contributed by atoms with Crippen LogP contribution in [0.1, 0.15) is 11.1 Å². The molecule has 1 nitrogen and oxygen atoms in total. The number of hydrogen-bond acceptors (Lipinski definition) is 1. The molecular weight excluding hydrogens is 170 g/mol. The summed E-state index contributed by atoms with van der Waals surface area (Å²) in [6, 6.07) is 8.78. The Labute approximate surface area is 85.0 Å². The fourth-order valence-electron chi connectivity index (χ4n) is 2.68. The Balaban J connectivity index is 2.03. The minimum absolute atomic E-state index is 0.787. The van der Waals surface area contributed by atoms with Crippen molar-refractivity contribution >= 4 is 6.08 Å². The third-order valence-electron chi connectivity index (χ3n) is 3.37. The number of fused-ring (bicyclic) bond motifs is 2. The normalized spacial score (nSPS) is 25.5. The van der Waals surface area contributed by atoms with Gasteiger partial charge in [0.15, 0.2) is 0 Å². The summed E-state index contributed by atoms with van der Waals surface area (Å²) in [5.74, 6) is 0.787. The summed E-state index contributed by atoms with van der Waals surface area (Å²) in [7, 11) is 2.21. The molecule has 0 spiro atoms. The van der Waals surface area contributed by atoms with Gasteiger partial charge in [-0.2, -0.15) is 0 Å². The first-order chi connectivity index (χ1) is 6.83. The Morgan fingerprint density at radius 2 is 2.14 bits per heavy atom. The lowest BCUT2D eigenvalue weighted by atomic mass is 9.85. The van der Waals surface area contributed by atoms with E-state index < -0.39 is 0 Å². The highest BCUT2D eigenvalue weighted by atomic mass is 15.1. The Morgan fingerprint density at radius 3 is 3.07 bits per heavy atom. The highest BCUT2D eigenvalue weighted by Crippen LogP contribution is 2.32. The zero-order valence-electron chi connectivity index (χ0n) is 8.53. The molecule has 1 aliphatic heterocycles. The van der Waals surface area contributed by atoms with Crippen molar-refractivity contribution < 1.29 is 0 Å². The van der Waals surface area contributed by atoms with Crippen molar-refractivity contribution in [2.45, 2.75) is 6.42 Å². The number of nitrogens with zero attached hydrogens (tertiary/aromatic N) is 1. The SMILES string of the molecule is CN1CC2=Cc3ccccc3CC2C1. The lowest BCUT2D eigenvalue weighted by Gasteiger charge is -2.19. The number of rotatable bonds is 0. The van der Waals surface area contributed by atoms with Crippen LogP contribution in [-0.4, -0.2) is 25.0 Å². The maximum atomic E-state index is 2.42. The van der Waals surface area contributed by atoms with Crippen LogP contribution in [0.5, 0.6) is 0 Å². The van der Waals surface area contributed by atoms with E-state index >= 15 is 0 Å². The van der Waals surface area contributed by atoms with E-state index in [-0.39, 0.29) is 0 Å². The van der Waals surface area contributed by atoms with Gasteiger partial charge in [-0.05, 0) is 30.5 Å². The molecule has 1 heteroatoms. The molecule has 1 heterocycles. The molecule has 0 amide bonds. The van der Waals surface area contributed by atoms with Crippen LogP contribution < -0.4 is 0 Å². The summed E-state index contributed by atoms with van der Waals surface area (Å²) in [6.07, 6.45) is 3.64. The van der Waals surface area contributed by atoms with Crippen molar-refractivity contribution in [2.75, 3.05) is 20.1 Å². The molecule has 0 aromatic heterocycles. The molecule has 0 bridgehead atoms. The molecule has 1 aliphatic carbocycles. The third kappa shape index (κ3) is 1.20. The number of benzene rings is 1. The van der Waals surface area contributed by atoms with Gasteiger partial charge in [0.25, 0.3) is 0 Å². The fraction of sp³-hybridized carbons (Fsp3) is 0.385. The first-order valence-corrected chi connectivity index (χ1v) is 5.30. The van der Waals surface area contributed by atoms with Gasteiger partial charge in [0, 0.05) is 13.1 Å². The average Bonchev–Trinajstić information content (AvgIpc) is 2.53. The van der Waals surface area contributed by atoms with Gasteiger partial charge < -0.3 is 4.90 Å². The van der Waals surface area contributed by atoms with Gasteiger partial charge in [-0.25, -0.2) is 0 Å². The van der Waals surface area contributed by atoms with E-state index in [0.717, 1.165) is 5.92 Å². The summed E-state index contributed by atoms with van der Waals surface area (Å²) in [4.78, 5) is 2.42. The second-order valence-electron chi connectivity index (χ2n) is 4.52. The van der Waals surface area contributed by atoms with Crippen molar-refractivity contribution in [2.24, 2.45) is 5.92 Å². The van der Waals surface area contributed by atoms with Crippen LogP contribution in [0.2, 0.25) is 0 Å². The largest absolute Gasteiger partial charge is 0.302 e. The maximum absolute atomic E-state index is 2.42. The second kappa shape index (κ2) is 2.96. The zero-order chi connectivity index (χ0) is 9.54. The van der Waals surface area contributed by atoms with Crippen LogP contribution in [-0.2, 0) is 6.42 Å². The first-order valence-electron chi connectivity index (χ1n) is 5.30. The minimum atomic E-state index is 0.787. The second-order valence-corrected chi connectivity index (χ2v) is 4.52. The molecule has 1 atom stereocenters. The van der Waals surface area contributed by atoms with Crippen LogP contribution >= 0.6 is 0 Å². The molecule has 1 fully saturated rings. The molecule has 72 valence electrons. The van der Waals surface area contributed by atoms with Crippen molar-refractivity contribution in [3.8, 4) is 0 Å². The summed E-state index contributed by atoms with van der Waals surface area (Å²) >= 11 is 0. The van der Waals surface area contributed by atoms with Gasteiger partial charge in [-0.15, -0.1) is 0 Å². The lowest BCUT2D eigenvalue weighted by molar-refractivity contribution is 0.394.